The van der Waals surface area contributed by atoms with Gasteiger partial charge in [0, 0.05) is 16.6 Å². The number of aromatic nitrogens is 1. The zero-order valence-corrected chi connectivity index (χ0v) is 10.3. The summed E-state index contributed by atoms with van der Waals surface area (Å²) in [5.41, 5.74) is 7.08. The zero-order valence-electron chi connectivity index (χ0n) is 9.43. The van der Waals surface area contributed by atoms with Crippen LogP contribution in [-0.4, -0.2) is 10.8 Å². The van der Waals surface area contributed by atoms with Gasteiger partial charge in [0.25, 0.3) is 0 Å². The summed E-state index contributed by atoms with van der Waals surface area (Å²) in [5.74, 6) is 0.815. The molecule has 1 aromatic carbocycles. The van der Waals surface area contributed by atoms with Crippen molar-refractivity contribution in [3.05, 3.63) is 45.9 Å². The van der Waals surface area contributed by atoms with Gasteiger partial charge >= 0.3 is 0 Å². The molecule has 0 saturated carbocycles. The maximum atomic E-state index is 7.27. The number of benzene rings is 1. The number of aryl methyl sites for hydroxylation is 1. The number of rotatable bonds is 4. The molecule has 0 aliphatic carbocycles. The monoisotopic (exact) mass is 247 g/mol. The first-order valence-electron chi connectivity index (χ1n) is 5.13. The summed E-state index contributed by atoms with van der Waals surface area (Å²) in [6, 6.07) is 7.14. The highest BCUT2D eigenvalue weighted by Gasteiger charge is 2.01. The fourth-order valence-electron chi connectivity index (χ4n) is 1.34. The topological polar surface area (TPSA) is 72.0 Å². The molecule has 0 unspecified atom stereocenters. The van der Waals surface area contributed by atoms with Crippen LogP contribution in [0.15, 0.2) is 29.6 Å². The largest absolute Gasteiger partial charge is 0.486 e. The molecule has 0 radical (unpaired) electrons. The third kappa shape index (κ3) is 3.04. The summed E-state index contributed by atoms with van der Waals surface area (Å²) < 4.78 is 5.58. The van der Waals surface area contributed by atoms with E-state index in [-0.39, 0.29) is 5.84 Å². The highest BCUT2D eigenvalue weighted by Crippen LogP contribution is 2.15. The predicted octanol–water partition coefficient (Wildman–Crippen LogP) is 2.31. The van der Waals surface area contributed by atoms with Crippen LogP contribution in [0.3, 0.4) is 0 Å². The first-order valence-corrected chi connectivity index (χ1v) is 6.01. The molecule has 0 aliphatic heterocycles. The van der Waals surface area contributed by atoms with Crippen molar-refractivity contribution in [1.82, 2.24) is 4.98 Å². The molecule has 0 saturated heterocycles. The Balaban J connectivity index is 1.97. The van der Waals surface area contributed by atoms with Crippen molar-refractivity contribution in [3.8, 4) is 5.75 Å². The van der Waals surface area contributed by atoms with Gasteiger partial charge in [-0.3, -0.25) is 5.41 Å². The maximum Gasteiger partial charge on any atom is 0.140 e. The number of nitrogen functional groups attached to an aromatic ring is 1. The third-order valence-corrected chi connectivity index (χ3v) is 3.13. The van der Waals surface area contributed by atoms with E-state index in [1.165, 1.54) is 0 Å². The summed E-state index contributed by atoms with van der Waals surface area (Å²) in [6.45, 7) is 2.43. The highest BCUT2D eigenvalue weighted by atomic mass is 32.1. The van der Waals surface area contributed by atoms with E-state index in [0.29, 0.717) is 12.2 Å². The van der Waals surface area contributed by atoms with Gasteiger partial charge < -0.3 is 10.5 Å². The van der Waals surface area contributed by atoms with Crippen molar-refractivity contribution in [2.75, 3.05) is 0 Å². The van der Waals surface area contributed by atoms with E-state index < -0.39 is 0 Å². The maximum absolute atomic E-state index is 7.27. The molecule has 3 N–H and O–H groups in total. The quantitative estimate of drug-likeness (QED) is 0.643. The number of nitrogens with two attached hydrogens (primary N) is 1. The van der Waals surface area contributed by atoms with E-state index in [4.69, 9.17) is 15.9 Å². The van der Waals surface area contributed by atoms with Gasteiger partial charge in [-0.1, -0.05) is 0 Å². The van der Waals surface area contributed by atoms with Crippen molar-refractivity contribution >= 4 is 17.2 Å². The summed E-state index contributed by atoms with van der Waals surface area (Å²) >= 11 is 1.59. The number of hydrogen-bond acceptors (Lipinski definition) is 4. The lowest BCUT2D eigenvalue weighted by Gasteiger charge is -2.04. The van der Waals surface area contributed by atoms with Gasteiger partial charge in [0.05, 0.1) is 0 Å². The van der Waals surface area contributed by atoms with Crippen molar-refractivity contribution in [2.24, 2.45) is 5.73 Å². The molecule has 2 rings (SSSR count). The molecular formula is C12H13N3OS. The van der Waals surface area contributed by atoms with Crippen molar-refractivity contribution < 1.29 is 4.74 Å². The molecule has 0 atom stereocenters. The minimum Gasteiger partial charge on any atom is -0.486 e. The summed E-state index contributed by atoms with van der Waals surface area (Å²) in [4.78, 5) is 4.31. The molecule has 17 heavy (non-hydrogen) atoms. The summed E-state index contributed by atoms with van der Waals surface area (Å²) in [7, 11) is 0. The average molecular weight is 247 g/mol. The smallest absolute Gasteiger partial charge is 0.140 e. The SMILES string of the molecule is Cc1csc(COc2ccc(C(=N)N)cc2)n1. The standard InChI is InChI=1S/C12H13N3OS/c1-8-7-17-11(15-8)6-16-10-4-2-9(3-5-10)12(13)14/h2-5,7H,6H2,1H3,(H3,13,14). The predicted molar refractivity (Wildman–Crippen MR) is 68.6 cm³/mol. The van der Waals surface area contributed by atoms with E-state index in [0.717, 1.165) is 16.5 Å². The molecule has 0 bridgehead atoms. The molecule has 88 valence electrons. The third-order valence-electron chi connectivity index (χ3n) is 2.19. The minimum absolute atomic E-state index is 0.0621. The van der Waals surface area contributed by atoms with Crippen molar-refractivity contribution in [1.29, 1.82) is 5.41 Å². The highest BCUT2D eigenvalue weighted by molar-refractivity contribution is 7.09. The molecule has 2 aromatic rings. The van der Waals surface area contributed by atoms with Crippen molar-refractivity contribution in [2.45, 2.75) is 13.5 Å². The summed E-state index contributed by atoms with van der Waals surface area (Å²) in [6.07, 6.45) is 0. The Morgan fingerprint density at radius 1 is 1.41 bits per heavy atom. The van der Waals surface area contributed by atoms with Gasteiger partial charge in [0.1, 0.15) is 23.2 Å². The van der Waals surface area contributed by atoms with Crippen LogP contribution in [0.25, 0.3) is 0 Å². The van der Waals surface area contributed by atoms with Gasteiger partial charge in [-0.05, 0) is 31.2 Å². The molecule has 4 nitrogen and oxygen atoms in total. The lowest BCUT2D eigenvalue weighted by atomic mass is 10.2. The number of thiazole rings is 1. The van der Waals surface area contributed by atoms with E-state index in [1.807, 2.05) is 12.3 Å². The van der Waals surface area contributed by atoms with E-state index in [1.54, 1.807) is 35.6 Å². The Kier molecular flexibility index (Phi) is 3.39. The first-order chi connectivity index (χ1) is 8.15. The van der Waals surface area contributed by atoms with Crippen molar-refractivity contribution in [3.63, 3.8) is 0 Å². The van der Waals surface area contributed by atoms with Crippen LogP contribution in [0, 0.1) is 12.3 Å². The molecule has 1 heterocycles. The number of hydrogen-bond donors (Lipinski definition) is 2. The molecule has 0 aliphatic rings. The zero-order chi connectivity index (χ0) is 12.3. The van der Waals surface area contributed by atoms with Crippen LogP contribution < -0.4 is 10.5 Å². The molecule has 5 heteroatoms. The number of ether oxygens (including phenoxy) is 1. The number of nitrogens with zero attached hydrogens (tertiary/aromatic N) is 1. The average Bonchev–Trinajstić information content (AvgIpc) is 2.73. The molecule has 0 spiro atoms. The minimum atomic E-state index is 0.0621. The molecule has 1 aromatic heterocycles. The van der Waals surface area contributed by atoms with Gasteiger partial charge in [-0.15, -0.1) is 11.3 Å². The fourth-order valence-corrected chi connectivity index (χ4v) is 2.03. The van der Waals surface area contributed by atoms with Gasteiger partial charge in [-0.25, -0.2) is 4.98 Å². The lowest BCUT2D eigenvalue weighted by Crippen LogP contribution is -2.10. The van der Waals surface area contributed by atoms with E-state index in [9.17, 15) is 0 Å². The van der Waals surface area contributed by atoms with Crippen LogP contribution in [0.1, 0.15) is 16.3 Å². The Hall–Kier alpha value is -1.88. The Bertz CT molecular complexity index is 519. The van der Waals surface area contributed by atoms with E-state index in [2.05, 4.69) is 4.98 Å². The Labute approximate surface area is 104 Å². The summed E-state index contributed by atoms with van der Waals surface area (Å²) in [5, 5.41) is 10.2. The van der Waals surface area contributed by atoms with Crippen LogP contribution >= 0.6 is 11.3 Å². The van der Waals surface area contributed by atoms with Gasteiger partial charge in [0.15, 0.2) is 0 Å². The molecule has 0 fully saturated rings. The molecular weight excluding hydrogens is 234 g/mol. The second kappa shape index (κ2) is 4.97. The second-order valence-electron chi connectivity index (χ2n) is 3.61. The van der Waals surface area contributed by atoms with Gasteiger partial charge in [0.2, 0.25) is 0 Å². The lowest BCUT2D eigenvalue weighted by molar-refractivity contribution is 0.305. The van der Waals surface area contributed by atoms with Crippen LogP contribution in [0.2, 0.25) is 0 Å². The van der Waals surface area contributed by atoms with Crippen LogP contribution in [0.4, 0.5) is 0 Å². The van der Waals surface area contributed by atoms with Crippen LogP contribution in [-0.2, 0) is 6.61 Å². The fraction of sp³-hybridized carbons (Fsp3) is 0.167. The Morgan fingerprint density at radius 3 is 2.65 bits per heavy atom. The first kappa shape index (κ1) is 11.6. The van der Waals surface area contributed by atoms with Gasteiger partial charge in [-0.2, -0.15) is 0 Å². The number of nitrogens with one attached hydrogen (secondary N) is 1. The van der Waals surface area contributed by atoms with E-state index >= 15 is 0 Å². The number of amidine groups is 1. The normalized spacial score (nSPS) is 10.2. The Morgan fingerprint density at radius 2 is 2.12 bits per heavy atom. The van der Waals surface area contributed by atoms with Crippen LogP contribution in [0.5, 0.6) is 5.75 Å². The molecule has 0 amide bonds. The second-order valence-corrected chi connectivity index (χ2v) is 4.55.